The van der Waals surface area contributed by atoms with Crippen LogP contribution in [-0.4, -0.2) is 50.6 Å². The van der Waals surface area contributed by atoms with Crippen molar-refractivity contribution >= 4 is 11.9 Å². The fraction of sp³-hybridized carbons (Fsp3) is 0.800. The van der Waals surface area contributed by atoms with E-state index >= 15 is 0 Å². The number of amides is 1. The molecule has 0 aromatic heterocycles. The number of nitrogens with one attached hydrogen (secondary N) is 1. The van der Waals surface area contributed by atoms with Gasteiger partial charge in [-0.25, -0.2) is 0 Å². The van der Waals surface area contributed by atoms with E-state index in [1.165, 1.54) is 0 Å². The van der Waals surface area contributed by atoms with Crippen molar-refractivity contribution in [1.82, 2.24) is 10.2 Å². The van der Waals surface area contributed by atoms with Gasteiger partial charge in [0.15, 0.2) is 0 Å². The summed E-state index contributed by atoms with van der Waals surface area (Å²) < 4.78 is 4.87. The number of hydrogen-bond acceptors (Lipinski definition) is 4. The third-order valence-electron chi connectivity index (χ3n) is 1.97. The lowest BCUT2D eigenvalue weighted by atomic mass is 10.2. The summed E-state index contributed by atoms with van der Waals surface area (Å²) in [5.41, 5.74) is 0. The van der Waals surface area contributed by atoms with E-state index in [1.54, 1.807) is 32.8 Å². The summed E-state index contributed by atoms with van der Waals surface area (Å²) >= 11 is 0. The van der Waals surface area contributed by atoms with Gasteiger partial charge < -0.3 is 10.1 Å². The molecule has 0 spiro atoms. The first-order valence-corrected chi connectivity index (χ1v) is 5.07. The summed E-state index contributed by atoms with van der Waals surface area (Å²) in [4.78, 5) is 24.1. The van der Waals surface area contributed by atoms with Crippen molar-refractivity contribution in [3.05, 3.63) is 0 Å². The molecule has 0 rings (SSSR count). The van der Waals surface area contributed by atoms with E-state index in [9.17, 15) is 9.59 Å². The molecule has 88 valence electrons. The molecule has 0 aliphatic rings. The Balaban J connectivity index is 3.89. The van der Waals surface area contributed by atoms with Crippen LogP contribution in [0.5, 0.6) is 0 Å². The number of ether oxygens (including phenoxy) is 1. The zero-order chi connectivity index (χ0) is 11.8. The second-order valence-corrected chi connectivity index (χ2v) is 3.52. The molecule has 0 fully saturated rings. The highest BCUT2D eigenvalue weighted by Crippen LogP contribution is 2.00. The predicted molar refractivity (Wildman–Crippen MR) is 57.4 cm³/mol. The summed E-state index contributed by atoms with van der Waals surface area (Å²) in [6.07, 6.45) is 0. The Morgan fingerprint density at radius 1 is 1.47 bits per heavy atom. The lowest BCUT2D eigenvalue weighted by Crippen LogP contribution is -2.37. The summed E-state index contributed by atoms with van der Waals surface area (Å²) in [5.74, 6) is -0.491. The van der Waals surface area contributed by atoms with Crippen molar-refractivity contribution in [3.63, 3.8) is 0 Å². The highest BCUT2D eigenvalue weighted by atomic mass is 16.5. The van der Waals surface area contributed by atoms with Crippen molar-refractivity contribution in [3.8, 4) is 0 Å². The molecule has 0 aliphatic heterocycles. The number of hydrogen-bond donors (Lipinski definition) is 1. The third kappa shape index (κ3) is 6.06. The molecule has 15 heavy (non-hydrogen) atoms. The highest BCUT2D eigenvalue weighted by molar-refractivity contribution is 5.77. The minimum Gasteiger partial charge on any atom is -0.466 e. The average molecular weight is 216 g/mol. The van der Waals surface area contributed by atoms with Crippen LogP contribution in [-0.2, 0) is 14.3 Å². The topological polar surface area (TPSA) is 58.6 Å². The number of esters is 1. The van der Waals surface area contributed by atoms with Gasteiger partial charge in [-0.2, -0.15) is 0 Å². The molecule has 0 saturated carbocycles. The molecule has 0 aliphatic carbocycles. The number of nitrogens with zero attached hydrogens (tertiary/aromatic N) is 1. The van der Waals surface area contributed by atoms with Crippen molar-refractivity contribution < 1.29 is 14.3 Å². The summed E-state index contributed by atoms with van der Waals surface area (Å²) in [7, 11) is 3.38. The summed E-state index contributed by atoms with van der Waals surface area (Å²) in [6, 6.07) is 0. The van der Waals surface area contributed by atoms with Gasteiger partial charge in [0.2, 0.25) is 5.91 Å². The quantitative estimate of drug-likeness (QED) is 0.628. The van der Waals surface area contributed by atoms with Gasteiger partial charge in [0.05, 0.1) is 19.1 Å². The molecule has 0 bridgehead atoms. The van der Waals surface area contributed by atoms with E-state index in [4.69, 9.17) is 4.74 Å². The van der Waals surface area contributed by atoms with Crippen LogP contribution in [0.25, 0.3) is 0 Å². The first kappa shape index (κ1) is 13.9. The van der Waals surface area contributed by atoms with Gasteiger partial charge in [0.1, 0.15) is 0 Å². The van der Waals surface area contributed by atoms with Crippen LogP contribution in [0.2, 0.25) is 0 Å². The monoisotopic (exact) mass is 216 g/mol. The van der Waals surface area contributed by atoms with Crippen molar-refractivity contribution in [2.45, 2.75) is 13.8 Å². The number of likely N-dealkylation sites (N-methyl/N-ethyl adjacent to an activating group) is 2. The minimum absolute atomic E-state index is 0.0615. The number of rotatable bonds is 6. The van der Waals surface area contributed by atoms with Gasteiger partial charge in [-0.05, 0) is 14.0 Å². The molecule has 0 saturated heterocycles. The first-order valence-electron chi connectivity index (χ1n) is 5.07. The molecular formula is C10H20N2O3. The molecule has 1 N–H and O–H groups in total. The van der Waals surface area contributed by atoms with E-state index in [0.717, 1.165) is 0 Å². The molecule has 1 atom stereocenters. The van der Waals surface area contributed by atoms with Crippen LogP contribution in [0.1, 0.15) is 13.8 Å². The zero-order valence-corrected chi connectivity index (χ0v) is 9.87. The van der Waals surface area contributed by atoms with E-state index in [-0.39, 0.29) is 17.8 Å². The highest BCUT2D eigenvalue weighted by Gasteiger charge is 2.16. The molecule has 0 heterocycles. The zero-order valence-electron chi connectivity index (χ0n) is 9.87. The third-order valence-corrected chi connectivity index (χ3v) is 1.97. The maximum atomic E-state index is 11.3. The van der Waals surface area contributed by atoms with Crippen molar-refractivity contribution in [1.29, 1.82) is 0 Å². The van der Waals surface area contributed by atoms with Gasteiger partial charge >= 0.3 is 5.97 Å². The largest absolute Gasteiger partial charge is 0.466 e. The number of carbonyl (C=O) groups is 2. The first-order chi connectivity index (χ1) is 7.01. The van der Waals surface area contributed by atoms with Gasteiger partial charge in [0, 0.05) is 13.6 Å². The van der Waals surface area contributed by atoms with Crippen LogP contribution < -0.4 is 5.32 Å². The molecule has 0 radical (unpaired) electrons. The summed E-state index contributed by atoms with van der Waals surface area (Å²) in [6.45, 7) is 4.77. The van der Waals surface area contributed by atoms with E-state index in [1.807, 2.05) is 0 Å². The minimum atomic E-state index is -0.221. The molecular weight excluding hydrogens is 196 g/mol. The van der Waals surface area contributed by atoms with Crippen LogP contribution in [0, 0.1) is 5.92 Å². The maximum absolute atomic E-state index is 11.3. The predicted octanol–water partition coefficient (Wildman–Crippen LogP) is -0.137. The lowest BCUT2D eigenvalue weighted by molar-refractivity contribution is -0.148. The Labute approximate surface area is 90.8 Å². The van der Waals surface area contributed by atoms with Gasteiger partial charge in [-0.15, -0.1) is 0 Å². The second-order valence-electron chi connectivity index (χ2n) is 3.52. The SMILES string of the molecule is CCOC(=O)C(C)CN(C)CC(=O)NC. The van der Waals surface area contributed by atoms with E-state index in [0.29, 0.717) is 19.7 Å². The smallest absolute Gasteiger partial charge is 0.309 e. The standard InChI is InChI=1S/C10H20N2O3/c1-5-15-10(14)8(2)6-12(4)7-9(13)11-3/h8H,5-7H2,1-4H3,(H,11,13). The Kier molecular flexibility index (Phi) is 6.70. The molecule has 1 amide bonds. The fourth-order valence-electron chi connectivity index (χ4n) is 1.22. The summed E-state index contributed by atoms with van der Waals surface area (Å²) in [5, 5.41) is 2.53. The Bertz CT molecular complexity index is 219. The van der Waals surface area contributed by atoms with Crippen molar-refractivity contribution in [2.24, 2.45) is 5.92 Å². The molecule has 5 heteroatoms. The Hall–Kier alpha value is -1.10. The molecule has 1 unspecified atom stereocenters. The van der Waals surface area contributed by atoms with Crippen LogP contribution in [0.15, 0.2) is 0 Å². The molecule has 0 aromatic carbocycles. The normalized spacial score (nSPS) is 12.3. The van der Waals surface area contributed by atoms with Crippen LogP contribution in [0.4, 0.5) is 0 Å². The lowest BCUT2D eigenvalue weighted by Gasteiger charge is -2.19. The second kappa shape index (κ2) is 7.23. The van der Waals surface area contributed by atoms with Gasteiger partial charge in [-0.1, -0.05) is 6.92 Å². The van der Waals surface area contributed by atoms with Gasteiger partial charge in [-0.3, -0.25) is 14.5 Å². The fourth-order valence-corrected chi connectivity index (χ4v) is 1.22. The Morgan fingerprint density at radius 2 is 2.07 bits per heavy atom. The molecule has 0 aromatic rings. The van der Waals surface area contributed by atoms with Gasteiger partial charge in [0.25, 0.3) is 0 Å². The van der Waals surface area contributed by atoms with Crippen LogP contribution >= 0.6 is 0 Å². The van der Waals surface area contributed by atoms with Crippen LogP contribution in [0.3, 0.4) is 0 Å². The average Bonchev–Trinajstić information content (AvgIpc) is 2.17. The maximum Gasteiger partial charge on any atom is 0.309 e. The molecule has 5 nitrogen and oxygen atoms in total. The number of carbonyl (C=O) groups excluding carboxylic acids is 2. The van der Waals surface area contributed by atoms with E-state index < -0.39 is 0 Å². The Morgan fingerprint density at radius 3 is 2.53 bits per heavy atom. The van der Waals surface area contributed by atoms with Crippen molar-refractivity contribution in [2.75, 3.05) is 33.8 Å². The van der Waals surface area contributed by atoms with E-state index in [2.05, 4.69) is 5.32 Å².